The Hall–Kier alpha value is -1.50. The van der Waals surface area contributed by atoms with Gasteiger partial charge in [0.05, 0.1) is 0 Å². The smallest absolute Gasteiger partial charge is 0.381 e. The molecule has 0 aromatic rings. The van der Waals surface area contributed by atoms with Crippen molar-refractivity contribution in [1.29, 1.82) is 0 Å². The number of likely N-dealkylation sites (tertiary alicyclic amines) is 1. The van der Waals surface area contributed by atoms with Gasteiger partial charge >= 0.3 is 5.97 Å². The first-order valence-corrected chi connectivity index (χ1v) is 4.95. The third kappa shape index (κ3) is 3.28. The van der Waals surface area contributed by atoms with Gasteiger partial charge in [-0.25, -0.2) is 4.79 Å². The number of carboxylic acids is 1. The third-order valence-corrected chi connectivity index (χ3v) is 2.78. The van der Waals surface area contributed by atoms with E-state index < -0.39 is 5.97 Å². The molecule has 0 spiro atoms. The lowest BCUT2D eigenvalue weighted by atomic mass is 9.81. The summed E-state index contributed by atoms with van der Waals surface area (Å²) in [5, 5.41) is 8.46. The lowest BCUT2D eigenvalue weighted by molar-refractivity contribution is -0.131. The maximum absolute atomic E-state index is 11.1. The van der Waals surface area contributed by atoms with Crippen LogP contribution in [0.15, 0.2) is 0 Å². The van der Waals surface area contributed by atoms with Crippen molar-refractivity contribution in [3.63, 3.8) is 0 Å². The van der Waals surface area contributed by atoms with Gasteiger partial charge in [0.15, 0.2) is 0 Å². The second-order valence-electron chi connectivity index (χ2n) is 4.12. The van der Waals surface area contributed by atoms with Gasteiger partial charge in [0.2, 0.25) is 5.91 Å². The number of hydrogen-bond acceptors (Lipinski definition) is 2. The van der Waals surface area contributed by atoms with Crippen molar-refractivity contribution in [2.45, 2.75) is 26.7 Å². The molecule has 1 saturated heterocycles. The van der Waals surface area contributed by atoms with Gasteiger partial charge in [0, 0.05) is 31.3 Å². The van der Waals surface area contributed by atoms with E-state index in [1.165, 1.54) is 0 Å². The molecule has 0 aliphatic carbocycles. The highest BCUT2D eigenvalue weighted by molar-refractivity contribution is 5.86. The molecule has 0 bridgehead atoms. The van der Waals surface area contributed by atoms with Gasteiger partial charge < -0.3 is 10.0 Å². The fraction of sp³-hybridized carbons (Fsp3) is 0.636. The quantitative estimate of drug-likeness (QED) is 0.598. The topological polar surface area (TPSA) is 57.6 Å². The highest BCUT2D eigenvalue weighted by atomic mass is 16.4. The summed E-state index contributed by atoms with van der Waals surface area (Å²) in [6.07, 6.45) is 1.49. The minimum absolute atomic E-state index is 0.0724. The average molecular weight is 209 g/mol. The van der Waals surface area contributed by atoms with E-state index in [0.29, 0.717) is 13.1 Å². The Morgan fingerprint density at radius 3 is 2.27 bits per heavy atom. The zero-order valence-electron chi connectivity index (χ0n) is 9.04. The Morgan fingerprint density at radius 2 is 1.87 bits per heavy atom. The van der Waals surface area contributed by atoms with Crippen LogP contribution >= 0.6 is 0 Å². The van der Waals surface area contributed by atoms with Gasteiger partial charge in [-0.3, -0.25) is 4.79 Å². The van der Waals surface area contributed by atoms with E-state index in [1.807, 2.05) is 6.92 Å². The molecule has 0 aromatic carbocycles. The van der Waals surface area contributed by atoms with Gasteiger partial charge in [-0.05, 0) is 19.8 Å². The largest absolute Gasteiger partial charge is 0.472 e. The number of carbonyl (C=O) groups is 2. The number of hydrogen-bond donors (Lipinski definition) is 1. The number of amides is 1. The zero-order chi connectivity index (χ0) is 11.5. The standard InChI is InChI=1S/C11H15NO3/c1-9(13)12-7-5-11(2,6-8-12)4-3-10(14)15/h5-8H2,1-2H3,(H,14,15). The highest BCUT2D eigenvalue weighted by Crippen LogP contribution is 2.29. The molecular weight excluding hydrogens is 194 g/mol. The summed E-state index contributed by atoms with van der Waals surface area (Å²) in [5.74, 6) is 3.91. The predicted octanol–water partition coefficient (Wildman–Crippen LogP) is 0.723. The monoisotopic (exact) mass is 209 g/mol. The van der Waals surface area contributed by atoms with Crippen LogP contribution in [0.4, 0.5) is 0 Å². The van der Waals surface area contributed by atoms with Crippen LogP contribution < -0.4 is 0 Å². The van der Waals surface area contributed by atoms with Crippen molar-refractivity contribution in [1.82, 2.24) is 4.90 Å². The maximum Gasteiger partial charge on any atom is 0.381 e. The molecule has 1 N–H and O–H groups in total. The molecule has 1 heterocycles. The molecule has 15 heavy (non-hydrogen) atoms. The number of carboxylic acid groups (broad SMARTS) is 1. The molecule has 0 unspecified atom stereocenters. The summed E-state index contributed by atoms with van der Waals surface area (Å²) < 4.78 is 0. The van der Waals surface area contributed by atoms with Crippen LogP contribution in [0, 0.1) is 17.3 Å². The first kappa shape index (κ1) is 11.6. The minimum atomic E-state index is -1.09. The molecular formula is C11H15NO3. The second kappa shape index (κ2) is 4.35. The van der Waals surface area contributed by atoms with Crippen molar-refractivity contribution < 1.29 is 14.7 Å². The number of nitrogens with zero attached hydrogens (tertiary/aromatic N) is 1. The van der Waals surface area contributed by atoms with Crippen molar-refractivity contribution in [3.8, 4) is 11.8 Å². The molecule has 1 rings (SSSR count). The zero-order valence-corrected chi connectivity index (χ0v) is 9.04. The SMILES string of the molecule is CC(=O)N1CCC(C)(C#CC(=O)O)CC1. The molecule has 4 heteroatoms. The lowest BCUT2D eigenvalue weighted by Gasteiger charge is -2.35. The van der Waals surface area contributed by atoms with E-state index in [2.05, 4.69) is 11.8 Å². The first-order chi connectivity index (χ1) is 6.93. The Labute approximate surface area is 89.3 Å². The molecule has 0 radical (unpaired) electrons. The number of carbonyl (C=O) groups excluding carboxylic acids is 1. The maximum atomic E-state index is 11.1. The lowest BCUT2D eigenvalue weighted by Crippen LogP contribution is -2.40. The molecule has 1 aliphatic heterocycles. The molecule has 4 nitrogen and oxygen atoms in total. The average Bonchev–Trinajstić information content (AvgIpc) is 2.16. The number of piperidine rings is 1. The molecule has 1 fully saturated rings. The van der Waals surface area contributed by atoms with Crippen molar-refractivity contribution in [2.24, 2.45) is 5.41 Å². The Balaban J connectivity index is 2.60. The summed E-state index contributed by atoms with van der Waals surface area (Å²) in [4.78, 5) is 23.2. The van der Waals surface area contributed by atoms with Crippen molar-refractivity contribution >= 4 is 11.9 Å². The third-order valence-electron chi connectivity index (χ3n) is 2.78. The fourth-order valence-electron chi connectivity index (χ4n) is 1.64. The van der Waals surface area contributed by atoms with Gasteiger partial charge in [0.1, 0.15) is 0 Å². The minimum Gasteiger partial charge on any atom is -0.472 e. The van der Waals surface area contributed by atoms with Crippen LogP contribution in [0.1, 0.15) is 26.7 Å². The second-order valence-corrected chi connectivity index (χ2v) is 4.12. The van der Waals surface area contributed by atoms with E-state index >= 15 is 0 Å². The van der Waals surface area contributed by atoms with Gasteiger partial charge in [0.25, 0.3) is 0 Å². The van der Waals surface area contributed by atoms with E-state index in [1.54, 1.807) is 11.8 Å². The summed E-state index contributed by atoms with van der Waals surface area (Å²) >= 11 is 0. The molecule has 1 amide bonds. The van der Waals surface area contributed by atoms with Gasteiger partial charge in [-0.2, -0.15) is 0 Å². The van der Waals surface area contributed by atoms with Gasteiger partial charge in [-0.15, -0.1) is 0 Å². The van der Waals surface area contributed by atoms with Crippen LogP contribution in [0.2, 0.25) is 0 Å². The van der Waals surface area contributed by atoms with Crippen molar-refractivity contribution in [3.05, 3.63) is 0 Å². The summed E-state index contributed by atoms with van der Waals surface area (Å²) in [5.41, 5.74) is -0.260. The predicted molar refractivity (Wildman–Crippen MR) is 55.0 cm³/mol. The molecule has 0 atom stereocenters. The Kier molecular flexibility index (Phi) is 3.35. The van der Waals surface area contributed by atoms with E-state index in [4.69, 9.17) is 5.11 Å². The number of rotatable bonds is 0. The molecule has 0 saturated carbocycles. The molecule has 0 aromatic heterocycles. The number of aliphatic carboxylic acids is 1. The van der Waals surface area contributed by atoms with Crippen LogP contribution in [0.25, 0.3) is 0 Å². The molecule has 1 aliphatic rings. The Morgan fingerprint density at radius 1 is 1.33 bits per heavy atom. The Bertz CT molecular complexity index is 329. The normalized spacial score (nSPS) is 18.9. The van der Waals surface area contributed by atoms with E-state index in [9.17, 15) is 9.59 Å². The van der Waals surface area contributed by atoms with Crippen LogP contribution in [-0.4, -0.2) is 35.0 Å². The van der Waals surface area contributed by atoms with Gasteiger partial charge in [-0.1, -0.05) is 5.92 Å². The van der Waals surface area contributed by atoms with Crippen LogP contribution in [-0.2, 0) is 9.59 Å². The summed E-state index contributed by atoms with van der Waals surface area (Å²) in [6, 6.07) is 0. The summed E-state index contributed by atoms with van der Waals surface area (Å²) in [6.45, 7) is 4.83. The highest BCUT2D eigenvalue weighted by Gasteiger charge is 2.29. The van der Waals surface area contributed by atoms with E-state index in [0.717, 1.165) is 12.8 Å². The van der Waals surface area contributed by atoms with Crippen LogP contribution in [0.5, 0.6) is 0 Å². The molecule has 82 valence electrons. The van der Waals surface area contributed by atoms with E-state index in [-0.39, 0.29) is 11.3 Å². The first-order valence-electron chi connectivity index (χ1n) is 4.95. The van der Waals surface area contributed by atoms with Crippen LogP contribution in [0.3, 0.4) is 0 Å². The fourth-order valence-corrected chi connectivity index (χ4v) is 1.64. The summed E-state index contributed by atoms with van der Waals surface area (Å²) in [7, 11) is 0. The van der Waals surface area contributed by atoms with Crippen molar-refractivity contribution in [2.75, 3.05) is 13.1 Å².